The molecule has 2 aromatic carbocycles. The molecule has 0 spiro atoms. The number of rotatable bonds is 5. The van der Waals surface area contributed by atoms with Crippen molar-refractivity contribution in [2.24, 2.45) is 0 Å². The predicted octanol–water partition coefficient (Wildman–Crippen LogP) is 5.32. The number of hydrogen-bond acceptors (Lipinski definition) is 3. The van der Waals surface area contributed by atoms with Crippen molar-refractivity contribution in [2.75, 3.05) is 4.90 Å². The summed E-state index contributed by atoms with van der Waals surface area (Å²) in [5.41, 5.74) is 3.09. The van der Waals surface area contributed by atoms with Gasteiger partial charge in [0.05, 0.1) is 15.9 Å². The zero-order valence-corrected chi connectivity index (χ0v) is 14.3. The molecule has 0 saturated carbocycles. The first-order chi connectivity index (χ1) is 11.2. The zero-order valence-electron chi connectivity index (χ0n) is 13.5. The normalized spacial score (nSPS) is 10.9. The van der Waals surface area contributed by atoms with Gasteiger partial charge >= 0.3 is 0 Å². The van der Waals surface area contributed by atoms with E-state index in [-0.39, 0.29) is 5.91 Å². The Morgan fingerprint density at radius 1 is 1.09 bits per heavy atom. The lowest BCUT2D eigenvalue weighted by Crippen LogP contribution is -2.25. The number of aryl methyl sites for hydroxylation is 1. The summed E-state index contributed by atoms with van der Waals surface area (Å²) in [6, 6.07) is 16.2. The first kappa shape index (κ1) is 15.7. The summed E-state index contributed by atoms with van der Waals surface area (Å²) in [6.07, 6.45) is 2.34. The van der Waals surface area contributed by atoms with Crippen molar-refractivity contribution in [1.82, 2.24) is 4.98 Å². The zero-order chi connectivity index (χ0) is 16.2. The standard InChI is InChI=1S/C19H20N2OS/c1-3-7-18(22)21(15-12-10-14(4-2)11-13-15)19-20-16-8-5-6-9-17(16)23-19/h5-6,8-13H,3-4,7H2,1-2H3. The van der Waals surface area contributed by atoms with E-state index in [0.29, 0.717) is 6.42 Å². The van der Waals surface area contributed by atoms with E-state index in [1.54, 1.807) is 16.2 Å². The molecule has 3 aromatic rings. The molecule has 3 rings (SSSR count). The number of amides is 1. The summed E-state index contributed by atoms with van der Waals surface area (Å²) in [5.74, 6) is 0.0933. The minimum Gasteiger partial charge on any atom is -0.274 e. The summed E-state index contributed by atoms with van der Waals surface area (Å²) < 4.78 is 1.10. The van der Waals surface area contributed by atoms with Crippen LogP contribution >= 0.6 is 11.3 Å². The topological polar surface area (TPSA) is 33.2 Å². The second kappa shape index (κ2) is 6.92. The lowest BCUT2D eigenvalue weighted by atomic mass is 10.1. The Morgan fingerprint density at radius 3 is 2.48 bits per heavy atom. The van der Waals surface area contributed by atoms with Gasteiger partial charge in [-0.05, 0) is 42.7 Å². The molecule has 0 aliphatic rings. The van der Waals surface area contributed by atoms with Gasteiger partial charge in [-0.2, -0.15) is 0 Å². The average Bonchev–Trinajstić information content (AvgIpc) is 2.99. The maximum Gasteiger partial charge on any atom is 0.233 e. The van der Waals surface area contributed by atoms with Crippen LogP contribution in [0.4, 0.5) is 10.8 Å². The van der Waals surface area contributed by atoms with Crippen molar-refractivity contribution in [1.29, 1.82) is 0 Å². The van der Waals surface area contributed by atoms with Gasteiger partial charge in [-0.15, -0.1) is 0 Å². The fourth-order valence-corrected chi connectivity index (χ4v) is 3.53. The fraction of sp³-hybridized carbons (Fsp3) is 0.263. The molecule has 0 fully saturated rings. The highest BCUT2D eigenvalue weighted by Gasteiger charge is 2.20. The third kappa shape index (κ3) is 3.27. The number of fused-ring (bicyclic) bond motifs is 1. The molecule has 0 atom stereocenters. The molecule has 0 bridgehead atoms. The molecule has 0 radical (unpaired) electrons. The largest absolute Gasteiger partial charge is 0.274 e. The van der Waals surface area contributed by atoms with Crippen LogP contribution in [0.25, 0.3) is 10.2 Å². The third-order valence-corrected chi connectivity index (χ3v) is 4.81. The number of para-hydroxylation sites is 1. The molecule has 1 aromatic heterocycles. The number of hydrogen-bond donors (Lipinski definition) is 0. The van der Waals surface area contributed by atoms with Gasteiger partial charge in [0.15, 0.2) is 5.13 Å². The Kier molecular flexibility index (Phi) is 4.72. The van der Waals surface area contributed by atoms with Crippen LogP contribution in [0, 0.1) is 0 Å². The van der Waals surface area contributed by atoms with Crippen molar-refractivity contribution in [3.05, 3.63) is 54.1 Å². The smallest absolute Gasteiger partial charge is 0.233 e. The highest BCUT2D eigenvalue weighted by Crippen LogP contribution is 2.34. The van der Waals surface area contributed by atoms with E-state index in [2.05, 4.69) is 24.0 Å². The van der Waals surface area contributed by atoms with Crippen LogP contribution in [-0.2, 0) is 11.2 Å². The molecule has 0 aliphatic carbocycles. The highest BCUT2D eigenvalue weighted by atomic mass is 32.1. The predicted molar refractivity (Wildman–Crippen MR) is 97.5 cm³/mol. The van der Waals surface area contributed by atoms with E-state index in [0.717, 1.165) is 33.9 Å². The molecule has 1 amide bonds. The summed E-state index contributed by atoms with van der Waals surface area (Å²) >= 11 is 1.56. The Hall–Kier alpha value is -2.20. The van der Waals surface area contributed by atoms with Crippen LogP contribution in [0.1, 0.15) is 32.3 Å². The van der Waals surface area contributed by atoms with E-state index < -0.39 is 0 Å². The quantitative estimate of drug-likeness (QED) is 0.636. The van der Waals surface area contributed by atoms with E-state index in [1.807, 2.05) is 43.3 Å². The number of thiazole rings is 1. The van der Waals surface area contributed by atoms with Gasteiger partial charge in [0.2, 0.25) is 5.91 Å². The van der Waals surface area contributed by atoms with Gasteiger partial charge in [0.1, 0.15) is 0 Å². The lowest BCUT2D eigenvalue weighted by Gasteiger charge is -2.20. The Morgan fingerprint density at radius 2 is 1.83 bits per heavy atom. The number of carbonyl (C=O) groups excluding carboxylic acids is 1. The van der Waals surface area contributed by atoms with Gasteiger partial charge in [0.25, 0.3) is 0 Å². The molecule has 0 N–H and O–H groups in total. The number of nitrogens with zero attached hydrogens (tertiary/aromatic N) is 2. The molecule has 3 nitrogen and oxygen atoms in total. The van der Waals surface area contributed by atoms with Gasteiger partial charge in [0, 0.05) is 6.42 Å². The maximum atomic E-state index is 12.7. The van der Waals surface area contributed by atoms with Gasteiger partial charge in [-0.3, -0.25) is 9.69 Å². The van der Waals surface area contributed by atoms with Crippen LogP contribution in [0.3, 0.4) is 0 Å². The molecule has 0 saturated heterocycles. The molecule has 0 aliphatic heterocycles. The minimum absolute atomic E-state index is 0.0933. The SMILES string of the molecule is CCCC(=O)N(c1ccc(CC)cc1)c1nc2ccccc2s1. The Balaban J connectivity index is 2.05. The van der Waals surface area contributed by atoms with Crippen LogP contribution in [-0.4, -0.2) is 10.9 Å². The summed E-state index contributed by atoms with van der Waals surface area (Å²) in [6.45, 7) is 4.15. The molecule has 0 unspecified atom stereocenters. The van der Waals surface area contributed by atoms with E-state index in [1.165, 1.54) is 5.56 Å². The highest BCUT2D eigenvalue weighted by molar-refractivity contribution is 7.22. The summed E-state index contributed by atoms with van der Waals surface area (Å²) in [5, 5.41) is 0.744. The molecule has 1 heterocycles. The van der Waals surface area contributed by atoms with E-state index in [4.69, 9.17) is 0 Å². The maximum absolute atomic E-state index is 12.7. The minimum atomic E-state index is 0.0933. The number of aromatic nitrogens is 1. The van der Waals surface area contributed by atoms with Gasteiger partial charge in [-0.25, -0.2) is 4.98 Å². The Labute approximate surface area is 140 Å². The van der Waals surface area contributed by atoms with Crippen LogP contribution in [0.2, 0.25) is 0 Å². The van der Waals surface area contributed by atoms with Gasteiger partial charge < -0.3 is 0 Å². The van der Waals surface area contributed by atoms with Crippen LogP contribution in [0.5, 0.6) is 0 Å². The molecule has 23 heavy (non-hydrogen) atoms. The van der Waals surface area contributed by atoms with Crippen LogP contribution in [0.15, 0.2) is 48.5 Å². The monoisotopic (exact) mass is 324 g/mol. The number of benzene rings is 2. The lowest BCUT2D eigenvalue weighted by molar-refractivity contribution is -0.117. The first-order valence-corrected chi connectivity index (χ1v) is 8.82. The first-order valence-electron chi connectivity index (χ1n) is 8.00. The molecule has 118 valence electrons. The average molecular weight is 324 g/mol. The van der Waals surface area contributed by atoms with Gasteiger partial charge in [-0.1, -0.05) is 49.4 Å². The Bertz CT molecular complexity index is 775. The van der Waals surface area contributed by atoms with Crippen molar-refractivity contribution in [3.8, 4) is 0 Å². The van der Waals surface area contributed by atoms with E-state index >= 15 is 0 Å². The van der Waals surface area contributed by atoms with Crippen LogP contribution < -0.4 is 4.90 Å². The van der Waals surface area contributed by atoms with Crippen molar-refractivity contribution in [2.45, 2.75) is 33.1 Å². The number of anilines is 2. The van der Waals surface area contributed by atoms with Crippen molar-refractivity contribution >= 4 is 38.3 Å². The second-order valence-corrected chi connectivity index (χ2v) is 6.47. The number of carbonyl (C=O) groups is 1. The fourth-order valence-electron chi connectivity index (χ4n) is 2.52. The van der Waals surface area contributed by atoms with Crippen molar-refractivity contribution < 1.29 is 4.79 Å². The van der Waals surface area contributed by atoms with Crippen molar-refractivity contribution in [3.63, 3.8) is 0 Å². The third-order valence-electron chi connectivity index (χ3n) is 3.79. The second-order valence-electron chi connectivity index (χ2n) is 5.46. The molecular weight excluding hydrogens is 304 g/mol. The summed E-state index contributed by atoms with van der Waals surface area (Å²) in [7, 11) is 0. The summed E-state index contributed by atoms with van der Waals surface area (Å²) in [4.78, 5) is 19.1. The van der Waals surface area contributed by atoms with E-state index in [9.17, 15) is 4.79 Å². The molecular formula is C19H20N2OS. The molecule has 4 heteroatoms.